The molecule has 0 bridgehead atoms. The zero-order valence-electron chi connectivity index (χ0n) is 16.0. The Morgan fingerprint density at radius 3 is 2.46 bits per heavy atom. The molecule has 0 spiro atoms. The van der Waals surface area contributed by atoms with Crippen molar-refractivity contribution in [1.82, 2.24) is 10.6 Å². The molecule has 0 aromatic heterocycles. The molecule has 0 radical (unpaired) electrons. The molecule has 3 fully saturated rings. The van der Waals surface area contributed by atoms with E-state index in [4.69, 9.17) is 14.2 Å². The van der Waals surface area contributed by atoms with Crippen LogP contribution in [0.5, 0.6) is 5.75 Å². The van der Waals surface area contributed by atoms with Gasteiger partial charge in [-0.15, -0.1) is 0 Å². The number of benzene rings is 1. The zero-order valence-corrected chi connectivity index (χ0v) is 16.0. The van der Waals surface area contributed by atoms with Gasteiger partial charge in [-0.2, -0.15) is 0 Å². The molecule has 1 unspecified atom stereocenters. The summed E-state index contributed by atoms with van der Waals surface area (Å²) in [7, 11) is 1.60. The highest BCUT2D eigenvalue weighted by Crippen LogP contribution is 2.46. The summed E-state index contributed by atoms with van der Waals surface area (Å²) >= 11 is 0. The quantitative estimate of drug-likeness (QED) is 0.815. The second-order valence-electron chi connectivity index (χ2n) is 8.25. The number of carbonyl (C=O) groups is 2. The molecule has 2 saturated heterocycles. The van der Waals surface area contributed by atoms with Crippen LogP contribution in [0.4, 0.5) is 0 Å². The minimum absolute atomic E-state index is 0.120. The zero-order chi connectivity index (χ0) is 19.3. The molecule has 2 amide bonds. The standard InChI is InChI=1S/C21H26N2O5/c1-22-21(25)14-7-12(20(24)23-18-16-8-27-9-17(16)18)6-13-15(10-28-19(13)14)11-2-4-26-5-3-11/h6-7,11,15-18H,2-5,8-10H2,1H3,(H,22,25)(H,23,24)/t15-,16-,17+,18?/m0/s1. The van der Waals surface area contributed by atoms with Crippen molar-refractivity contribution in [2.75, 3.05) is 40.1 Å². The van der Waals surface area contributed by atoms with E-state index in [0.717, 1.165) is 44.8 Å². The van der Waals surface area contributed by atoms with E-state index in [9.17, 15) is 9.59 Å². The smallest absolute Gasteiger partial charge is 0.254 e. The summed E-state index contributed by atoms with van der Waals surface area (Å²) in [5.74, 6) is 1.81. The van der Waals surface area contributed by atoms with Crippen molar-refractivity contribution in [3.05, 3.63) is 28.8 Å². The predicted octanol–water partition coefficient (Wildman–Crippen LogP) is 1.32. The molecule has 4 atom stereocenters. The fourth-order valence-corrected chi connectivity index (χ4v) is 4.98. The van der Waals surface area contributed by atoms with Crippen LogP contribution in [0.3, 0.4) is 0 Å². The Hall–Kier alpha value is -2.12. The van der Waals surface area contributed by atoms with Crippen LogP contribution >= 0.6 is 0 Å². The number of amides is 2. The Morgan fingerprint density at radius 1 is 1.00 bits per heavy atom. The van der Waals surface area contributed by atoms with Crippen molar-refractivity contribution in [1.29, 1.82) is 0 Å². The highest BCUT2D eigenvalue weighted by molar-refractivity contribution is 6.02. The number of rotatable bonds is 4. The van der Waals surface area contributed by atoms with Crippen LogP contribution in [0.25, 0.3) is 0 Å². The molecule has 28 heavy (non-hydrogen) atoms. The predicted molar refractivity (Wildman–Crippen MR) is 101 cm³/mol. The fourth-order valence-electron chi connectivity index (χ4n) is 4.98. The van der Waals surface area contributed by atoms with Gasteiger partial charge >= 0.3 is 0 Å². The van der Waals surface area contributed by atoms with E-state index >= 15 is 0 Å². The Labute approximate surface area is 164 Å². The largest absolute Gasteiger partial charge is 0.492 e. The SMILES string of the molecule is CNC(=O)c1cc(C(=O)NC2[C@H]3COC[C@@H]23)cc2c1OC[C@H]2C1CCOCC1. The molecule has 3 heterocycles. The second kappa shape index (κ2) is 7.04. The normalized spacial score (nSPS) is 30.9. The molecule has 1 aliphatic carbocycles. The lowest BCUT2D eigenvalue weighted by molar-refractivity contribution is 0.0551. The van der Waals surface area contributed by atoms with Crippen molar-refractivity contribution >= 4 is 11.8 Å². The third kappa shape index (κ3) is 2.97. The van der Waals surface area contributed by atoms with Gasteiger partial charge in [-0.05, 0) is 30.9 Å². The van der Waals surface area contributed by atoms with Crippen molar-refractivity contribution < 1.29 is 23.8 Å². The molecule has 4 aliphatic rings. The Kier molecular flexibility index (Phi) is 4.51. The van der Waals surface area contributed by atoms with E-state index < -0.39 is 0 Å². The summed E-state index contributed by atoms with van der Waals surface area (Å²) in [5.41, 5.74) is 1.96. The van der Waals surface area contributed by atoms with Gasteiger partial charge in [0, 0.05) is 55.2 Å². The van der Waals surface area contributed by atoms with Gasteiger partial charge in [0.2, 0.25) is 0 Å². The fraction of sp³-hybridized carbons (Fsp3) is 0.619. The van der Waals surface area contributed by atoms with E-state index in [-0.39, 0.29) is 23.8 Å². The van der Waals surface area contributed by atoms with E-state index in [2.05, 4.69) is 10.6 Å². The first kappa shape index (κ1) is 17.9. The Morgan fingerprint density at radius 2 is 1.75 bits per heavy atom. The number of hydrogen-bond donors (Lipinski definition) is 2. The molecule has 1 aromatic carbocycles. The van der Waals surface area contributed by atoms with Crippen molar-refractivity contribution in [2.45, 2.75) is 24.8 Å². The average molecular weight is 386 g/mol. The molecular formula is C21H26N2O5. The maximum atomic E-state index is 12.9. The van der Waals surface area contributed by atoms with Gasteiger partial charge in [-0.25, -0.2) is 0 Å². The second-order valence-corrected chi connectivity index (χ2v) is 8.25. The van der Waals surface area contributed by atoms with Crippen molar-refractivity contribution in [3.63, 3.8) is 0 Å². The molecule has 5 rings (SSSR count). The summed E-state index contributed by atoms with van der Waals surface area (Å²) in [4.78, 5) is 25.4. The third-order valence-corrected chi connectivity index (χ3v) is 6.74. The molecule has 150 valence electrons. The number of nitrogens with one attached hydrogen (secondary N) is 2. The summed E-state index contributed by atoms with van der Waals surface area (Å²) in [6.07, 6.45) is 1.95. The van der Waals surface area contributed by atoms with Crippen LogP contribution in [0, 0.1) is 17.8 Å². The maximum absolute atomic E-state index is 12.9. The number of fused-ring (bicyclic) bond motifs is 2. The highest BCUT2D eigenvalue weighted by atomic mass is 16.5. The number of carbonyl (C=O) groups excluding carboxylic acids is 2. The molecule has 7 heteroatoms. The van der Waals surface area contributed by atoms with Crippen LogP contribution in [0.2, 0.25) is 0 Å². The maximum Gasteiger partial charge on any atom is 0.254 e. The van der Waals surface area contributed by atoms with Gasteiger partial charge in [-0.3, -0.25) is 9.59 Å². The van der Waals surface area contributed by atoms with Gasteiger partial charge in [-0.1, -0.05) is 0 Å². The molecular weight excluding hydrogens is 360 g/mol. The summed E-state index contributed by atoms with van der Waals surface area (Å²) in [6, 6.07) is 3.79. The lowest BCUT2D eigenvalue weighted by Gasteiger charge is -2.27. The van der Waals surface area contributed by atoms with E-state index in [1.807, 2.05) is 6.07 Å². The lowest BCUT2D eigenvalue weighted by atomic mass is 9.81. The minimum Gasteiger partial charge on any atom is -0.492 e. The number of hydrogen-bond acceptors (Lipinski definition) is 5. The molecule has 1 saturated carbocycles. The topological polar surface area (TPSA) is 85.9 Å². The first-order valence-corrected chi connectivity index (χ1v) is 10.2. The highest BCUT2D eigenvalue weighted by Gasteiger charge is 2.54. The van der Waals surface area contributed by atoms with Crippen LogP contribution in [0.15, 0.2) is 12.1 Å². The van der Waals surface area contributed by atoms with Crippen LogP contribution < -0.4 is 15.4 Å². The van der Waals surface area contributed by atoms with Gasteiger partial charge in [0.1, 0.15) is 5.75 Å². The third-order valence-electron chi connectivity index (χ3n) is 6.74. The minimum atomic E-state index is -0.227. The summed E-state index contributed by atoms with van der Waals surface area (Å²) in [5, 5.41) is 5.80. The average Bonchev–Trinajstić information content (AvgIpc) is 3.10. The monoisotopic (exact) mass is 386 g/mol. The van der Waals surface area contributed by atoms with E-state index in [1.54, 1.807) is 13.1 Å². The van der Waals surface area contributed by atoms with E-state index in [0.29, 0.717) is 41.2 Å². The lowest BCUT2D eigenvalue weighted by Crippen LogP contribution is -2.30. The first-order chi connectivity index (χ1) is 13.7. The molecule has 2 N–H and O–H groups in total. The van der Waals surface area contributed by atoms with Crippen molar-refractivity contribution in [3.8, 4) is 5.75 Å². The van der Waals surface area contributed by atoms with Crippen LogP contribution in [-0.4, -0.2) is 57.9 Å². The van der Waals surface area contributed by atoms with E-state index in [1.165, 1.54) is 0 Å². The van der Waals surface area contributed by atoms with Crippen molar-refractivity contribution in [2.24, 2.45) is 17.8 Å². The number of ether oxygens (including phenoxy) is 3. The Bertz CT molecular complexity index is 794. The molecule has 1 aromatic rings. The van der Waals surface area contributed by atoms with Crippen LogP contribution in [-0.2, 0) is 9.47 Å². The summed E-state index contributed by atoms with van der Waals surface area (Å²) < 4.78 is 16.9. The van der Waals surface area contributed by atoms with Gasteiger partial charge in [0.25, 0.3) is 11.8 Å². The summed E-state index contributed by atoms with van der Waals surface area (Å²) in [6.45, 7) is 3.52. The van der Waals surface area contributed by atoms with Gasteiger partial charge in [0.05, 0.1) is 25.4 Å². The Balaban J connectivity index is 1.44. The van der Waals surface area contributed by atoms with Gasteiger partial charge < -0.3 is 24.8 Å². The van der Waals surface area contributed by atoms with Gasteiger partial charge in [0.15, 0.2) is 0 Å². The van der Waals surface area contributed by atoms with Crippen LogP contribution in [0.1, 0.15) is 45.0 Å². The first-order valence-electron chi connectivity index (χ1n) is 10.2. The molecule has 7 nitrogen and oxygen atoms in total. The molecule has 3 aliphatic heterocycles.